The van der Waals surface area contributed by atoms with Gasteiger partial charge in [-0.1, -0.05) is 59.8 Å². The molecule has 0 bridgehead atoms. The van der Waals surface area contributed by atoms with Gasteiger partial charge in [0.1, 0.15) is 0 Å². The SMILES string of the molecule is N#Cc1cccc(NC(=O)CSc2nnc(-c3ccccc3)n2-c2ccc(Cl)cc2)c1. The lowest BCUT2D eigenvalue weighted by molar-refractivity contribution is -0.113. The van der Waals surface area contributed by atoms with Crippen LogP contribution >= 0.6 is 23.4 Å². The summed E-state index contributed by atoms with van der Waals surface area (Å²) >= 11 is 7.33. The van der Waals surface area contributed by atoms with E-state index in [9.17, 15) is 4.79 Å². The molecule has 3 aromatic carbocycles. The van der Waals surface area contributed by atoms with Crippen molar-refractivity contribution in [2.45, 2.75) is 5.16 Å². The van der Waals surface area contributed by atoms with Crippen LogP contribution in [-0.2, 0) is 4.79 Å². The van der Waals surface area contributed by atoms with E-state index in [4.69, 9.17) is 16.9 Å². The summed E-state index contributed by atoms with van der Waals surface area (Å²) in [5.74, 6) is 0.608. The predicted octanol–water partition coefficient (Wildman–Crippen LogP) is 5.19. The van der Waals surface area contributed by atoms with Gasteiger partial charge >= 0.3 is 0 Å². The molecule has 0 saturated carbocycles. The lowest BCUT2D eigenvalue weighted by Crippen LogP contribution is -2.14. The molecule has 31 heavy (non-hydrogen) atoms. The molecule has 6 nitrogen and oxygen atoms in total. The number of nitrogens with zero attached hydrogens (tertiary/aromatic N) is 4. The van der Waals surface area contributed by atoms with Gasteiger partial charge in [-0.05, 0) is 42.5 Å². The van der Waals surface area contributed by atoms with Crippen LogP contribution in [0.4, 0.5) is 5.69 Å². The van der Waals surface area contributed by atoms with Crippen molar-refractivity contribution in [1.82, 2.24) is 14.8 Å². The number of rotatable bonds is 6. The Labute approximate surface area is 188 Å². The highest BCUT2D eigenvalue weighted by molar-refractivity contribution is 7.99. The number of carbonyl (C=O) groups excluding carboxylic acids is 1. The Morgan fingerprint density at radius 2 is 1.81 bits per heavy atom. The minimum absolute atomic E-state index is 0.136. The van der Waals surface area contributed by atoms with Gasteiger partial charge in [-0.25, -0.2) is 0 Å². The average molecular weight is 446 g/mol. The molecule has 8 heteroatoms. The highest BCUT2D eigenvalue weighted by atomic mass is 35.5. The zero-order valence-electron chi connectivity index (χ0n) is 16.2. The van der Waals surface area contributed by atoms with E-state index in [1.807, 2.05) is 47.0 Å². The second-order valence-corrected chi connectivity index (χ2v) is 7.89. The van der Waals surface area contributed by atoms with E-state index in [1.54, 1.807) is 36.4 Å². The monoisotopic (exact) mass is 445 g/mol. The van der Waals surface area contributed by atoms with Gasteiger partial charge in [0.25, 0.3) is 0 Å². The maximum atomic E-state index is 12.5. The molecule has 4 rings (SSSR count). The summed E-state index contributed by atoms with van der Waals surface area (Å²) in [5.41, 5.74) is 2.82. The van der Waals surface area contributed by atoms with Gasteiger partial charge < -0.3 is 5.32 Å². The maximum absolute atomic E-state index is 12.5. The molecule has 0 atom stereocenters. The highest BCUT2D eigenvalue weighted by Gasteiger charge is 2.17. The normalized spacial score (nSPS) is 10.5. The Morgan fingerprint density at radius 3 is 2.55 bits per heavy atom. The van der Waals surface area contributed by atoms with Gasteiger partial charge in [0.2, 0.25) is 5.91 Å². The number of halogens is 1. The van der Waals surface area contributed by atoms with E-state index in [-0.39, 0.29) is 11.7 Å². The summed E-state index contributed by atoms with van der Waals surface area (Å²) in [4.78, 5) is 12.5. The maximum Gasteiger partial charge on any atom is 0.234 e. The smallest absolute Gasteiger partial charge is 0.234 e. The number of hydrogen-bond donors (Lipinski definition) is 1. The van der Waals surface area contributed by atoms with Crippen molar-refractivity contribution < 1.29 is 4.79 Å². The first-order chi connectivity index (χ1) is 15.1. The highest BCUT2D eigenvalue weighted by Crippen LogP contribution is 2.28. The van der Waals surface area contributed by atoms with Crippen molar-refractivity contribution >= 4 is 35.0 Å². The molecule has 152 valence electrons. The number of hydrogen-bond acceptors (Lipinski definition) is 5. The lowest BCUT2D eigenvalue weighted by atomic mass is 10.2. The Balaban J connectivity index is 1.58. The van der Waals surface area contributed by atoms with E-state index in [0.717, 1.165) is 11.3 Å². The number of amides is 1. The zero-order chi connectivity index (χ0) is 21.6. The standard InChI is InChI=1S/C23H16ClN5OS/c24-18-9-11-20(12-10-18)29-22(17-6-2-1-3-7-17)27-28-23(29)31-15-21(30)26-19-8-4-5-16(13-19)14-25/h1-13H,15H2,(H,26,30). The van der Waals surface area contributed by atoms with Gasteiger partial charge in [-0.15, -0.1) is 10.2 Å². The first-order valence-electron chi connectivity index (χ1n) is 9.33. The second-order valence-electron chi connectivity index (χ2n) is 6.51. The van der Waals surface area contributed by atoms with Crippen LogP contribution in [0.5, 0.6) is 0 Å². The largest absolute Gasteiger partial charge is 0.325 e. The molecule has 0 aliphatic carbocycles. The molecule has 1 heterocycles. The average Bonchev–Trinajstić information content (AvgIpc) is 3.23. The van der Waals surface area contributed by atoms with Crippen molar-refractivity contribution in [2.24, 2.45) is 0 Å². The Kier molecular flexibility index (Phi) is 6.32. The van der Waals surface area contributed by atoms with Crippen molar-refractivity contribution in [3.8, 4) is 23.1 Å². The molecule has 0 aliphatic rings. The van der Waals surface area contributed by atoms with Crippen LogP contribution < -0.4 is 5.32 Å². The Hall–Kier alpha value is -3.60. The van der Waals surface area contributed by atoms with Crippen molar-refractivity contribution in [2.75, 3.05) is 11.1 Å². The fourth-order valence-corrected chi connectivity index (χ4v) is 3.83. The molecule has 0 fully saturated rings. The van der Waals surface area contributed by atoms with Crippen LogP contribution in [0.2, 0.25) is 5.02 Å². The first kappa shape index (κ1) is 20.7. The summed E-state index contributed by atoms with van der Waals surface area (Å²) in [7, 11) is 0. The van der Waals surface area contributed by atoms with Gasteiger partial charge in [-0.3, -0.25) is 9.36 Å². The number of anilines is 1. The van der Waals surface area contributed by atoms with Crippen LogP contribution in [0.25, 0.3) is 17.1 Å². The third-order valence-electron chi connectivity index (χ3n) is 4.36. The van der Waals surface area contributed by atoms with Gasteiger partial charge in [0, 0.05) is 22.0 Å². The Morgan fingerprint density at radius 1 is 1.03 bits per heavy atom. The summed E-state index contributed by atoms with van der Waals surface area (Å²) < 4.78 is 1.90. The van der Waals surface area contributed by atoms with Crippen LogP contribution in [0, 0.1) is 11.3 Å². The molecule has 0 aliphatic heterocycles. The van der Waals surface area contributed by atoms with Crippen LogP contribution in [-0.4, -0.2) is 26.4 Å². The fraction of sp³-hybridized carbons (Fsp3) is 0.0435. The molecule has 0 saturated heterocycles. The zero-order valence-corrected chi connectivity index (χ0v) is 17.8. The summed E-state index contributed by atoms with van der Waals surface area (Å²) in [6.07, 6.45) is 0. The number of nitrogens with one attached hydrogen (secondary N) is 1. The van der Waals surface area contributed by atoms with Crippen molar-refractivity contribution in [3.05, 3.63) is 89.4 Å². The molecule has 1 N–H and O–H groups in total. The quantitative estimate of drug-likeness (QED) is 0.413. The first-order valence-corrected chi connectivity index (χ1v) is 10.7. The van der Waals surface area contributed by atoms with Gasteiger partial charge in [-0.2, -0.15) is 5.26 Å². The van der Waals surface area contributed by atoms with Gasteiger partial charge in [0.05, 0.1) is 17.4 Å². The number of aromatic nitrogens is 3. The summed E-state index contributed by atoms with van der Waals surface area (Å²) in [6, 6.07) is 25.9. The summed E-state index contributed by atoms with van der Waals surface area (Å²) in [6.45, 7) is 0. The second kappa shape index (κ2) is 9.47. The molecule has 1 amide bonds. The summed E-state index contributed by atoms with van der Waals surface area (Å²) in [5, 5.41) is 21.7. The number of thioether (sulfide) groups is 1. The lowest BCUT2D eigenvalue weighted by Gasteiger charge is -2.11. The van der Waals surface area contributed by atoms with E-state index in [0.29, 0.717) is 27.3 Å². The molecule has 0 radical (unpaired) electrons. The number of nitriles is 1. The molecular weight excluding hydrogens is 430 g/mol. The van der Waals surface area contributed by atoms with Crippen molar-refractivity contribution in [1.29, 1.82) is 5.26 Å². The minimum Gasteiger partial charge on any atom is -0.325 e. The fourth-order valence-electron chi connectivity index (χ4n) is 2.95. The third kappa shape index (κ3) is 4.94. The van der Waals surface area contributed by atoms with E-state index < -0.39 is 0 Å². The topological polar surface area (TPSA) is 83.6 Å². The number of carbonyl (C=O) groups is 1. The van der Waals surface area contributed by atoms with E-state index >= 15 is 0 Å². The van der Waals surface area contributed by atoms with Crippen LogP contribution in [0.15, 0.2) is 84.0 Å². The van der Waals surface area contributed by atoms with Gasteiger partial charge in [0.15, 0.2) is 11.0 Å². The molecular formula is C23H16ClN5OS. The van der Waals surface area contributed by atoms with E-state index in [1.165, 1.54) is 11.8 Å². The molecule has 0 spiro atoms. The number of benzene rings is 3. The third-order valence-corrected chi connectivity index (χ3v) is 5.54. The molecule has 1 aromatic heterocycles. The van der Waals surface area contributed by atoms with Crippen LogP contribution in [0.3, 0.4) is 0 Å². The molecule has 0 unspecified atom stereocenters. The minimum atomic E-state index is -0.202. The van der Waals surface area contributed by atoms with E-state index in [2.05, 4.69) is 21.6 Å². The predicted molar refractivity (Wildman–Crippen MR) is 122 cm³/mol. The Bertz CT molecular complexity index is 1250. The molecule has 4 aromatic rings. The van der Waals surface area contributed by atoms with Crippen molar-refractivity contribution in [3.63, 3.8) is 0 Å². The van der Waals surface area contributed by atoms with Crippen LogP contribution in [0.1, 0.15) is 5.56 Å².